The van der Waals surface area contributed by atoms with Crippen LogP contribution in [0.5, 0.6) is 5.75 Å². The zero-order valence-corrected chi connectivity index (χ0v) is 22.7. The number of carboxylic acid groups (broad SMARTS) is 1. The van der Waals surface area contributed by atoms with E-state index in [1.807, 2.05) is 36.7 Å². The molecule has 206 valence electrons. The number of methoxy groups -OCH3 is 1. The van der Waals surface area contributed by atoms with E-state index in [0.717, 1.165) is 11.7 Å². The molecule has 2 aromatic heterocycles. The van der Waals surface area contributed by atoms with Crippen LogP contribution in [0.3, 0.4) is 0 Å². The van der Waals surface area contributed by atoms with Gasteiger partial charge in [0.15, 0.2) is 0 Å². The zero-order chi connectivity index (χ0) is 29.1. The van der Waals surface area contributed by atoms with Crippen LogP contribution in [0.4, 0.5) is 23.0 Å². The number of aryl methyl sites for hydroxylation is 1. The summed E-state index contributed by atoms with van der Waals surface area (Å²) in [6, 6.07) is 10.1. The lowest BCUT2D eigenvalue weighted by Gasteiger charge is -2.22. The first-order chi connectivity index (χ1) is 19.0. The van der Waals surface area contributed by atoms with Crippen molar-refractivity contribution in [2.45, 2.75) is 0 Å². The molecular formula is C27H28N8O5. The van der Waals surface area contributed by atoms with Crippen LogP contribution >= 0.6 is 0 Å². The van der Waals surface area contributed by atoms with Gasteiger partial charge < -0.3 is 29.5 Å². The van der Waals surface area contributed by atoms with Gasteiger partial charge in [0.1, 0.15) is 17.0 Å². The van der Waals surface area contributed by atoms with E-state index in [2.05, 4.69) is 21.4 Å². The lowest BCUT2D eigenvalue weighted by Crippen LogP contribution is -2.29. The number of anilines is 3. The number of carboxylic acids is 1. The number of nitro groups is 1. The fourth-order valence-electron chi connectivity index (χ4n) is 4.30. The quantitative estimate of drug-likeness (QED) is 0.220. The van der Waals surface area contributed by atoms with E-state index in [1.165, 1.54) is 13.2 Å². The normalized spacial score (nSPS) is 10.9. The average molecular weight is 545 g/mol. The molecule has 4 aromatic rings. The van der Waals surface area contributed by atoms with Gasteiger partial charge in [0.2, 0.25) is 5.95 Å². The molecule has 0 saturated heterocycles. The second-order valence-corrected chi connectivity index (χ2v) is 9.40. The largest absolute Gasteiger partial charge is 0.494 e. The Kier molecular flexibility index (Phi) is 7.83. The minimum absolute atomic E-state index is 0.00671. The molecule has 0 fully saturated rings. The highest BCUT2D eigenvalue weighted by atomic mass is 16.6. The maximum atomic E-state index is 12.1. The molecule has 13 heteroatoms. The Bertz CT molecular complexity index is 1660. The number of nitriles is 1. The highest BCUT2D eigenvalue weighted by Crippen LogP contribution is 2.39. The molecule has 0 aliphatic carbocycles. The van der Waals surface area contributed by atoms with Gasteiger partial charge in [-0.1, -0.05) is 0 Å². The van der Waals surface area contributed by atoms with Gasteiger partial charge in [-0.15, -0.1) is 0 Å². The number of likely N-dealkylation sites (N-methyl/N-ethyl adjacent to an activating group) is 2. The lowest BCUT2D eigenvalue weighted by atomic mass is 10.0. The van der Waals surface area contributed by atoms with Crippen LogP contribution < -0.4 is 15.0 Å². The number of rotatable bonds is 10. The summed E-state index contributed by atoms with van der Waals surface area (Å²) in [7, 11) is 8.85. The minimum Gasteiger partial charge on any atom is -0.494 e. The summed E-state index contributed by atoms with van der Waals surface area (Å²) < 4.78 is 7.35. The van der Waals surface area contributed by atoms with Crippen LogP contribution in [0.1, 0.15) is 15.9 Å². The summed E-state index contributed by atoms with van der Waals surface area (Å²) in [5.74, 6) is -0.944. The van der Waals surface area contributed by atoms with Crippen molar-refractivity contribution in [1.29, 1.82) is 5.26 Å². The first-order valence-electron chi connectivity index (χ1n) is 12.1. The molecule has 0 bridgehead atoms. The Morgan fingerprint density at radius 3 is 2.62 bits per heavy atom. The van der Waals surface area contributed by atoms with Crippen molar-refractivity contribution in [2.24, 2.45) is 7.05 Å². The first kappa shape index (κ1) is 27.8. The van der Waals surface area contributed by atoms with Crippen LogP contribution in [0.15, 0.2) is 42.7 Å². The summed E-state index contributed by atoms with van der Waals surface area (Å²) in [5.41, 5.74) is 1.87. The summed E-state index contributed by atoms with van der Waals surface area (Å²) >= 11 is 0. The summed E-state index contributed by atoms with van der Waals surface area (Å²) in [6.07, 6.45) is 2.96. The van der Waals surface area contributed by atoms with E-state index in [1.54, 1.807) is 36.3 Å². The summed E-state index contributed by atoms with van der Waals surface area (Å²) in [4.78, 5) is 36.0. The standard InChI is InChI=1S/C27H28N8O5/c1-32(2)8-9-34(4)22-13-24(40-5)20(12-23(22)35(38)39)30-27-29-15-19(26(36)37)25(31-27)18-10-16(14-28)11-21-17(18)6-7-33(21)3/h6-7,10-13,15H,8-9H2,1-5H3,(H,36,37)(H,29,30,31). The molecule has 0 unspecified atom stereocenters. The number of nitro benzene ring substituents is 1. The van der Waals surface area contributed by atoms with E-state index in [0.29, 0.717) is 41.0 Å². The van der Waals surface area contributed by atoms with Crippen molar-refractivity contribution in [3.8, 4) is 23.1 Å². The molecule has 4 rings (SSSR count). The fraction of sp³-hybridized carbons (Fsp3) is 0.259. The number of carbonyl (C=O) groups is 1. The smallest absolute Gasteiger partial charge is 0.339 e. The number of hydrogen-bond acceptors (Lipinski definition) is 10. The van der Waals surface area contributed by atoms with Gasteiger partial charge >= 0.3 is 5.97 Å². The number of nitrogens with one attached hydrogen (secondary N) is 1. The highest BCUT2D eigenvalue weighted by molar-refractivity contribution is 6.02. The van der Waals surface area contributed by atoms with Crippen molar-refractivity contribution >= 4 is 39.9 Å². The van der Waals surface area contributed by atoms with Gasteiger partial charge in [-0.05, 0) is 32.3 Å². The molecule has 0 radical (unpaired) electrons. The van der Waals surface area contributed by atoms with Gasteiger partial charge in [-0.2, -0.15) is 5.26 Å². The van der Waals surface area contributed by atoms with Crippen molar-refractivity contribution in [2.75, 3.05) is 51.6 Å². The highest BCUT2D eigenvalue weighted by Gasteiger charge is 2.24. The van der Waals surface area contributed by atoms with Crippen molar-refractivity contribution in [1.82, 2.24) is 19.4 Å². The Morgan fingerprint density at radius 2 is 2.00 bits per heavy atom. The van der Waals surface area contributed by atoms with E-state index < -0.39 is 10.9 Å². The lowest BCUT2D eigenvalue weighted by molar-refractivity contribution is -0.384. The Hall–Kier alpha value is -5.22. The third-order valence-electron chi connectivity index (χ3n) is 6.44. The van der Waals surface area contributed by atoms with Crippen molar-refractivity contribution in [3.05, 3.63) is 64.0 Å². The maximum Gasteiger partial charge on any atom is 0.339 e. The topological polar surface area (TPSA) is 163 Å². The molecule has 0 spiro atoms. The first-order valence-corrected chi connectivity index (χ1v) is 12.1. The second kappa shape index (κ2) is 11.3. The average Bonchev–Trinajstić information content (AvgIpc) is 3.30. The number of hydrogen-bond donors (Lipinski definition) is 2. The van der Waals surface area contributed by atoms with E-state index in [9.17, 15) is 25.3 Å². The number of aromatic nitrogens is 3. The third-order valence-corrected chi connectivity index (χ3v) is 6.44. The molecule has 2 aromatic carbocycles. The molecule has 0 aliphatic rings. The minimum atomic E-state index is -1.24. The van der Waals surface area contributed by atoms with Crippen molar-refractivity contribution in [3.63, 3.8) is 0 Å². The Balaban J connectivity index is 1.83. The van der Waals surface area contributed by atoms with Crippen LogP contribution in [0.25, 0.3) is 22.2 Å². The molecular weight excluding hydrogens is 516 g/mol. The van der Waals surface area contributed by atoms with Gasteiger partial charge in [0.05, 0.1) is 35.0 Å². The number of benzene rings is 2. The van der Waals surface area contributed by atoms with Crippen molar-refractivity contribution < 1.29 is 19.6 Å². The Morgan fingerprint density at radius 1 is 1.25 bits per heavy atom. The van der Waals surface area contributed by atoms with E-state index >= 15 is 0 Å². The molecule has 40 heavy (non-hydrogen) atoms. The fourth-order valence-corrected chi connectivity index (χ4v) is 4.30. The van der Waals surface area contributed by atoms with Crippen LogP contribution in [-0.4, -0.2) is 76.8 Å². The van der Waals surface area contributed by atoms with Crippen LogP contribution in [0.2, 0.25) is 0 Å². The molecule has 0 aliphatic heterocycles. The van der Waals surface area contributed by atoms with E-state index in [-0.39, 0.29) is 28.6 Å². The zero-order valence-electron chi connectivity index (χ0n) is 22.7. The SMILES string of the molecule is COc1cc(N(C)CCN(C)C)c([N+](=O)[O-])cc1Nc1ncc(C(=O)O)c(-c2cc(C#N)cc3c2ccn3C)n1. The third kappa shape index (κ3) is 5.47. The molecule has 2 heterocycles. The summed E-state index contributed by atoms with van der Waals surface area (Å²) in [5, 5.41) is 35.1. The van der Waals surface area contributed by atoms with Gasteiger partial charge in [-0.25, -0.2) is 14.8 Å². The Labute approximate surface area is 230 Å². The van der Waals surface area contributed by atoms with Crippen LogP contribution in [0, 0.1) is 21.4 Å². The maximum absolute atomic E-state index is 12.1. The summed E-state index contributed by atoms with van der Waals surface area (Å²) in [6.45, 7) is 1.23. The monoisotopic (exact) mass is 544 g/mol. The predicted octanol–water partition coefficient (Wildman–Crippen LogP) is 3.86. The molecule has 0 atom stereocenters. The number of ether oxygens (including phenoxy) is 1. The molecule has 2 N–H and O–H groups in total. The number of nitrogens with zero attached hydrogens (tertiary/aromatic N) is 7. The number of aromatic carboxylic acids is 1. The number of fused-ring (bicyclic) bond motifs is 1. The molecule has 0 saturated carbocycles. The molecule has 0 amide bonds. The molecule has 13 nitrogen and oxygen atoms in total. The predicted molar refractivity (Wildman–Crippen MR) is 150 cm³/mol. The second-order valence-electron chi connectivity index (χ2n) is 9.40. The van der Waals surface area contributed by atoms with E-state index in [4.69, 9.17) is 4.74 Å². The van der Waals surface area contributed by atoms with Gasteiger partial charge in [0, 0.05) is 68.2 Å². The van der Waals surface area contributed by atoms with Gasteiger partial charge in [0.25, 0.3) is 5.69 Å². The van der Waals surface area contributed by atoms with Crippen LogP contribution in [-0.2, 0) is 7.05 Å². The van der Waals surface area contributed by atoms with Gasteiger partial charge in [-0.3, -0.25) is 10.1 Å².